The Morgan fingerprint density at radius 1 is 1.33 bits per heavy atom. The third-order valence-corrected chi connectivity index (χ3v) is 4.43. The molecule has 3 rings (SSSR count). The minimum Gasteiger partial charge on any atom is -0.494 e. The third kappa shape index (κ3) is 4.52. The first-order valence-corrected chi connectivity index (χ1v) is 8.42. The van der Waals surface area contributed by atoms with E-state index in [0.717, 1.165) is 37.3 Å². The molecule has 1 aromatic heterocycles. The predicted molar refractivity (Wildman–Crippen MR) is 92.3 cm³/mol. The quantitative estimate of drug-likeness (QED) is 0.884. The molecule has 1 aliphatic heterocycles. The molecule has 1 unspecified atom stereocenters. The van der Waals surface area contributed by atoms with Crippen LogP contribution in [0.1, 0.15) is 24.1 Å². The molecular weight excluding hydrogens is 305 g/mol. The van der Waals surface area contributed by atoms with Crippen molar-refractivity contribution in [1.82, 2.24) is 15.2 Å². The van der Waals surface area contributed by atoms with Gasteiger partial charge >= 0.3 is 0 Å². The molecule has 1 N–H and O–H groups in total. The Labute approximate surface area is 142 Å². The highest BCUT2D eigenvalue weighted by atomic mass is 19.1. The van der Waals surface area contributed by atoms with Gasteiger partial charge in [0.15, 0.2) is 11.6 Å². The fourth-order valence-corrected chi connectivity index (χ4v) is 3.17. The van der Waals surface area contributed by atoms with E-state index >= 15 is 0 Å². The van der Waals surface area contributed by atoms with Crippen LogP contribution in [0.25, 0.3) is 0 Å². The van der Waals surface area contributed by atoms with Crippen LogP contribution in [0.4, 0.5) is 4.39 Å². The van der Waals surface area contributed by atoms with Gasteiger partial charge in [0.25, 0.3) is 0 Å². The smallest absolute Gasteiger partial charge is 0.165 e. The van der Waals surface area contributed by atoms with E-state index in [1.165, 1.54) is 13.5 Å². The lowest BCUT2D eigenvalue weighted by atomic mass is 10.0. The Kier molecular flexibility index (Phi) is 5.77. The maximum Gasteiger partial charge on any atom is 0.165 e. The maximum absolute atomic E-state index is 13.8. The predicted octanol–water partition coefficient (Wildman–Crippen LogP) is 2.98. The number of ether oxygens (including phenoxy) is 1. The molecule has 0 radical (unpaired) electrons. The van der Waals surface area contributed by atoms with Crippen molar-refractivity contribution in [3.05, 3.63) is 59.7 Å². The molecule has 128 valence electrons. The summed E-state index contributed by atoms with van der Waals surface area (Å²) in [5.41, 5.74) is 2.05. The van der Waals surface area contributed by atoms with Crippen molar-refractivity contribution >= 4 is 0 Å². The Bertz CT molecular complexity index is 650. The van der Waals surface area contributed by atoms with Crippen LogP contribution in [0.15, 0.2) is 42.6 Å². The van der Waals surface area contributed by atoms with E-state index in [-0.39, 0.29) is 11.6 Å². The summed E-state index contributed by atoms with van der Waals surface area (Å²) in [4.78, 5) is 6.83. The SMILES string of the molecule is COc1ccc(CNC2CCCN(Cc3ccccn3)C2)cc1F. The molecule has 1 fully saturated rings. The van der Waals surface area contributed by atoms with E-state index in [2.05, 4.69) is 21.3 Å². The van der Waals surface area contributed by atoms with E-state index in [1.54, 1.807) is 12.1 Å². The molecular formula is C19H24FN3O. The van der Waals surface area contributed by atoms with Crippen LogP contribution in [-0.4, -0.2) is 36.1 Å². The van der Waals surface area contributed by atoms with Gasteiger partial charge in [-0.3, -0.25) is 9.88 Å². The number of aromatic nitrogens is 1. The topological polar surface area (TPSA) is 37.4 Å². The van der Waals surface area contributed by atoms with E-state index in [1.807, 2.05) is 24.4 Å². The van der Waals surface area contributed by atoms with Crippen LogP contribution in [0.5, 0.6) is 5.75 Å². The second kappa shape index (κ2) is 8.22. The van der Waals surface area contributed by atoms with Crippen molar-refractivity contribution in [1.29, 1.82) is 0 Å². The standard InChI is InChI=1S/C19H24FN3O/c1-24-19-8-7-15(11-18(19)20)12-22-17-6-4-10-23(14-17)13-16-5-2-3-9-21-16/h2-3,5,7-9,11,17,22H,4,6,10,12-14H2,1H3. The first-order chi connectivity index (χ1) is 11.7. The Morgan fingerprint density at radius 2 is 2.25 bits per heavy atom. The van der Waals surface area contributed by atoms with Gasteiger partial charge in [-0.1, -0.05) is 12.1 Å². The zero-order valence-corrected chi connectivity index (χ0v) is 14.0. The normalized spacial score (nSPS) is 18.5. The monoisotopic (exact) mass is 329 g/mol. The van der Waals surface area contributed by atoms with E-state index < -0.39 is 0 Å². The zero-order chi connectivity index (χ0) is 16.8. The van der Waals surface area contributed by atoms with Crippen molar-refractivity contribution < 1.29 is 9.13 Å². The molecule has 2 heterocycles. The van der Waals surface area contributed by atoms with Crippen LogP contribution in [0.3, 0.4) is 0 Å². The van der Waals surface area contributed by atoms with Gasteiger partial charge in [0, 0.05) is 31.9 Å². The van der Waals surface area contributed by atoms with Crippen LogP contribution in [-0.2, 0) is 13.1 Å². The van der Waals surface area contributed by atoms with Gasteiger partial charge in [-0.25, -0.2) is 4.39 Å². The van der Waals surface area contributed by atoms with E-state index in [9.17, 15) is 4.39 Å². The van der Waals surface area contributed by atoms with Gasteiger partial charge < -0.3 is 10.1 Å². The molecule has 1 saturated heterocycles. The van der Waals surface area contributed by atoms with Crippen molar-refractivity contribution in [3.63, 3.8) is 0 Å². The summed E-state index contributed by atoms with van der Waals surface area (Å²) in [6, 6.07) is 11.6. The molecule has 1 aromatic carbocycles. The summed E-state index contributed by atoms with van der Waals surface area (Å²) in [5.74, 6) is -0.0184. The summed E-state index contributed by atoms with van der Waals surface area (Å²) in [5, 5.41) is 3.55. The van der Waals surface area contributed by atoms with Gasteiger partial charge in [0.2, 0.25) is 0 Å². The summed E-state index contributed by atoms with van der Waals surface area (Å²) in [6.45, 7) is 3.65. The fourth-order valence-electron chi connectivity index (χ4n) is 3.17. The van der Waals surface area contributed by atoms with Crippen molar-refractivity contribution in [2.24, 2.45) is 0 Å². The molecule has 0 spiro atoms. The number of pyridine rings is 1. The van der Waals surface area contributed by atoms with Crippen molar-refractivity contribution in [2.75, 3.05) is 20.2 Å². The largest absolute Gasteiger partial charge is 0.494 e. The average Bonchev–Trinajstić information content (AvgIpc) is 2.61. The lowest BCUT2D eigenvalue weighted by molar-refractivity contribution is 0.181. The molecule has 24 heavy (non-hydrogen) atoms. The number of benzene rings is 1. The summed E-state index contributed by atoms with van der Waals surface area (Å²) < 4.78 is 18.7. The van der Waals surface area contributed by atoms with Crippen LogP contribution in [0.2, 0.25) is 0 Å². The Balaban J connectivity index is 1.51. The second-order valence-corrected chi connectivity index (χ2v) is 6.25. The molecule has 0 aliphatic carbocycles. The summed E-state index contributed by atoms with van der Waals surface area (Å²) in [6.07, 6.45) is 4.16. The molecule has 1 atom stereocenters. The van der Waals surface area contributed by atoms with Gasteiger partial charge in [-0.15, -0.1) is 0 Å². The Hall–Kier alpha value is -1.98. The first-order valence-electron chi connectivity index (χ1n) is 8.42. The maximum atomic E-state index is 13.8. The number of nitrogens with zero attached hydrogens (tertiary/aromatic N) is 2. The highest BCUT2D eigenvalue weighted by molar-refractivity contribution is 5.29. The molecule has 0 saturated carbocycles. The first kappa shape index (κ1) is 16.9. The van der Waals surface area contributed by atoms with Crippen molar-refractivity contribution in [2.45, 2.75) is 32.0 Å². The van der Waals surface area contributed by atoms with Crippen LogP contribution < -0.4 is 10.1 Å². The van der Waals surface area contributed by atoms with Crippen LogP contribution in [0, 0.1) is 5.82 Å². The van der Waals surface area contributed by atoms with Crippen LogP contribution >= 0.6 is 0 Å². The van der Waals surface area contributed by atoms with Gasteiger partial charge in [-0.05, 0) is 49.2 Å². The van der Waals surface area contributed by atoms with Crippen molar-refractivity contribution in [3.8, 4) is 5.75 Å². The van der Waals surface area contributed by atoms with E-state index in [4.69, 9.17) is 4.74 Å². The minimum absolute atomic E-state index is 0.290. The number of halogens is 1. The molecule has 0 bridgehead atoms. The summed E-state index contributed by atoms with van der Waals surface area (Å²) in [7, 11) is 1.48. The van der Waals surface area contributed by atoms with Gasteiger partial charge in [-0.2, -0.15) is 0 Å². The third-order valence-electron chi connectivity index (χ3n) is 4.43. The molecule has 0 amide bonds. The highest BCUT2D eigenvalue weighted by Gasteiger charge is 2.19. The summed E-state index contributed by atoms with van der Waals surface area (Å²) >= 11 is 0. The minimum atomic E-state index is -0.308. The number of rotatable bonds is 6. The second-order valence-electron chi connectivity index (χ2n) is 6.25. The fraction of sp³-hybridized carbons (Fsp3) is 0.421. The molecule has 5 heteroatoms. The number of piperidine rings is 1. The average molecular weight is 329 g/mol. The number of nitrogens with one attached hydrogen (secondary N) is 1. The number of hydrogen-bond donors (Lipinski definition) is 1. The lowest BCUT2D eigenvalue weighted by Gasteiger charge is -2.33. The number of methoxy groups -OCH3 is 1. The van der Waals surface area contributed by atoms with Gasteiger partial charge in [0.05, 0.1) is 12.8 Å². The van der Waals surface area contributed by atoms with Gasteiger partial charge in [0.1, 0.15) is 0 Å². The number of hydrogen-bond acceptors (Lipinski definition) is 4. The lowest BCUT2D eigenvalue weighted by Crippen LogP contribution is -2.45. The zero-order valence-electron chi connectivity index (χ0n) is 14.0. The molecule has 2 aromatic rings. The number of likely N-dealkylation sites (tertiary alicyclic amines) is 1. The molecule has 1 aliphatic rings. The molecule has 4 nitrogen and oxygen atoms in total. The highest BCUT2D eigenvalue weighted by Crippen LogP contribution is 2.18. The van der Waals surface area contributed by atoms with E-state index in [0.29, 0.717) is 12.6 Å². The Morgan fingerprint density at radius 3 is 3.00 bits per heavy atom.